The van der Waals surface area contributed by atoms with Gasteiger partial charge in [-0.15, -0.1) is 0 Å². The van der Waals surface area contributed by atoms with Crippen LogP contribution in [0.25, 0.3) is 0 Å². The van der Waals surface area contributed by atoms with E-state index in [0.29, 0.717) is 11.6 Å². The first-order chi connectivity index (χ1) is 8.75. The van der Waals surface area contributed by atoms with E-state index in [0.717, 1.165) is 15.6 Å². The maximum atomic E-state index is 5.99. The molecular formula is C14H10BrClNO. The molecule has 0 heterocycles. The molecule has 0 aliphatic heterocycles. The van der Waals surface area contributed by atoms with Gasteiger partial charge in [0.1, 0.15) is 12.8 Å². The van der Waals surface area contributed by atoms with E-state index in [1.807, 2.05) is 48.5 Å². The lowest BCUT2D eigenvalue weighted by Crippen LogP contribution is -1.89. The Balaban J connectivity index is 1.89. The Morgan fingerprint density at radius 2 is 1.83 bits per heavy atom. The molecule has 2 rings (SSSR count). The van der Waals surface area contributed by atoms with Gasteiger partial charge in [-0.2, -0.15) is 0 Å². The molecule has 0 unspecified atom stereocenters. The molecule has 0 bridgehead atoms. The third-order valence-electron chi connectivity index (χ3n) is 2.26. The average molecular weight is 324 g/mol. The molecule has 0 atom stereocenters. The lowest BCUT2D eigenvalue weighted by molar-refractivity contribution is 0.132. The maximum Gasteiger partial charge on any atom is 0.143 e. The normalized spacial score (nSPS) is 10.8. The summed E-state index contributed by atoms with van der Waals surface area (Å²) < 4.78 is 1.02. The molecule has 2 aromatic rings. The Morgan fingerprint density at radius 1 is 1.11 bits per heavy atom. The van der Waals surface area contributed by atoms with Crippen LogP contribution in [0, 0.1) is 0 Å². The number of benzene rings is 2. The van der Waals surface area contributed by atoms with Crippen LogP contribution in [0.4, 0.5) is 0 Å². The number of hydrogen-bond donors (Lipinski definition) is 0. The van der Waals surface area contributed by atoms with Gasteiger partial charge in [0.15, 0.2) is 0 Å². The lowest BCUT2D eigenvalue weighted by Gasteiger charge is -2.01. The molecule has 0 aliphatic carbocycles. The Kier molecular flexibility index (Phi) is 4.79. The zero-order valence-corrected chi connectivity index (χ0v) is 11.8. The molecule has 0 N–H and O–H groups in total. The molecule has 0 spiro atoms. The molecule has 0 saturated carbocycles. The van der Waals surface area contributed by atoms with Gasteiger partial charge in [0, 0.05) is 20.6 Å². The number of halogens is 2. The van der Waals surface area contributed by atoms with Crippen molar-refractivity contribution >= 4 is 33.7 Å². The highest BCUT2D eigenvalue weighted by molar-refractivity contribution is 9.10. The van der Waals surface area contributed by atoms with Crippen molar-refractivity contribution in [2.24, 2.45) is 5.16 Å². The van der Waals surface area contributed by atoms with Crippen LogP contribution in [0.1, 0.15) is 11.1 Å². The van der Waals surface area contributed by atoms with Crippen molar-refractivity contribution in [1.82, 2.24) is 0 Å². The van der Waals surface area contributed by atoms with Crippen LogP contribution < -0.4 is 0 Å². The van der Waals surface area contributed by atoms with Crippen molar-refractivity contribution in [1.29, 1.82) is 0 Å². The van der Waals surface area contributed by atoms with Gasteiger partial charge in [0.2, 0.25) is 0 Å². The van der Waals surface area contributed by atoms with Gasteiger partial charge < -0.3 is 4.84 Å². The average Bonchev–Trinajstić information content (AvgIpc) is 2.39. The Morgan fingerprint density at radius 3 is 2.56 bits per heavy atom. The third kappa shape index (κ3) is 3.86. The van der Waals surface area contributed by atoms with E-state index < -0.39 is 0 Å². The third-order valence-corrected chi connectivity index (χ3v) is 3.16. The van der Waals surface area contributed by atoms with Crippen molar-refractivity contribution in [3.05, 3.63) is 69.2 Å². The van der Waals surface area contributed by atoms with Crippen LogP contribution in [0.2, 0.25) is 5.02 Å². The predicted octanol–water partition coefficient (Wildman–Crippen LogP) is 4.53. The summed E-state index contributed by atoms with van der Waals surface area (Å²) in [7, 11) is 0. The number of rotatable bonds is 4. The van der Waals surface area contributed by atoms with Gasteiger partial charge in [-0.25, -0.2) is 0 Å². The monoisotopic (exact) mass is 322 g/mol. The molecule has 91 valence electrons. The molecule has 0 fully saturated rings. The first-order valence-corrected chi connectivity index (χ1v) is 6.50. The van der Waals surface area contributed by atoms with E-state index in [2.05, 4.69) is 27.3 Å². The highest BCUT2D eigenvalue weighted by atomic mass is 79.9. The molecule has 0 aromatic heterocycles. The van der Waals surface area contributed by atoms with Gasteiger partial charge in [0.25, 0.3) is 0 Å². The first kappa shape index (κ1) is 13.1. The summed E-state index contributed by atoms with van der Waals surface area (Å²) in [6.07, 6.45) is 2.80. The largest absolute Gasteiger partial charge is 0.390 e. The maximum absolute atomic E-state index is 5.99. The fraction of sp³-hybridized carbons (Fsp3) is 0.0714. The van der Waals surface area contributed by atoms with Crippen LogP contribution in [-0.2, 0) is 11.4 Å². The predicted molar refractivity (Wildman–Crippen MR) is 76.9 cm³/mol. The van der Waals surface area contributed by atoms with Crippen LogP contribution in [0.15, 0.2) is 58.2 Å². The molecule has 0 saturated heterocycles. The fourth-order valence-electron chi connectivity index (χ4n) is 1.33. The second-order valence-electron chi connectivity index (χ2n) is 3.57. The summed E-state index contributed by atoms with van der Waals surface area (Å²) in [6.45, 7) is 0.337. The molecular weight excluding hydrogens is 314 g/mol. The second kappa shape index (κ2) is 6.57. The van der Waals surface area contributed by atoms with E-state index in [1.165, 1.54) is 0 Å². The number of hydrogen-bond acceptors (Lipinski definition) is 2. The molecule has 2 aromatic carbocycles. The topological polar surface area (TPSA) is 21.6 Å². The quantitative estimate of drug-likeness (QED) is 0.598. The highest BCUT2D eigenvalue weighted by Crippen LogP contribution is 2.15. The van der Waals surface area contributed by atoms with Gasteiger partial charge >= 0.3 is 0 Å². The molecule has 2 nitrogen and oxygen atoms in total. The van der Waals surface area contributed by atoms with E-state index >= 15 is 0 Å². The van der Waals surface area contributed by atoms with Crippen molar-refractivity contribution in [2.45, 2.75) is 6.61 Å². The van der Waals surface area contributed by atoms with E-state index in [4.69, 9.17) is 16.4 Å². The fourth-order valence-corrected chi connectivity index (χ4v) is 1.78. The zero-order valence-electron chi connectivity index (χ0n) is 9.44. The smallest absolute Gasteiger partial charge is 0.143 e. The summed E-state index contributed by atoms with van der Waals surface area (Å²) in [5.41, 5.74) is 1.76. The Labute approximate surface area is 119 Å². The van der Waals surface area contributed by atoms with Crippen molar-refractivity contribution in [2.75, 3.05) is 0 Å². The minimum absolute atomic E-state index is 0.337. The minimum Gasteiger partial charge on any atom is -0.390 e. The second-order valence-corrected chi connectivity index (χ2v) is 4.90. The van der Waals surface area contributed by atoms with Gasteiger partial charge in [-0.05, 0) is 18.2 Å². The first-order valence-electron chi connectivity index (χ1n) is 5.33. The summed E-state index contributed by atoms with van der Waals surface area (Å²) in [6, 6.07) is 15.1. The SMILES string of the molecule is Clc1ccccc1CO/N=[C]\c1ccc(Br)cc1. The van der Waals surface area contributed by atoms with Crippen LogP contribution in [0.3, 0.4) is 0 Å². The molecule has 4 heteroatoms. The number of nitrogens with zero attached hydrogens (tertiary/aromatic N) is 1. The van der Waals surface area contributed by atoms with Crippen molar-refractivity contribution in [3.63, 3.8) is 0 Å². The minimum atomic E-state index is 0.337. The van der Waals surface area contributed by atoms with E-state index in [1.54, 1.807) is 0 Å². The summed E-state index contributed by atoms with van der Waals surface area (Å²) in [4.78, 5) is 5.15. The van der Waals surface area contributed by atoms with E-state index in [-0.39, 0.29) is 0 Å². The standard InChI is InChI=1S/C14H10BrClNO/c15-13-7-5-11(6-8-13)9-17-18-10-12-3-1-2-4-14(12)16/h1-8H,10H2. The van der Waals surface area contributed by atoms with Gasteiger partial charge in [-0.1, -0.05) is 63.0 Å². The summed E-state index contributed by atoms with van der Waals surface area (Å²) >= 11 is 9.35. The van der Waals surface area contributed by atoms with Crippen molar-refractivity contribution in [3.8, 4) is 0 Å². The lowest BCUT2D eigenvalue weighted by atomic mass is 10.2. The van der Waals surface area contributed by atoms with Gasteiger partial charge in [-0.3, -0.25) is 0 Å². The zero-order chi connectivity index (χ0) is 12.8. The summed E-state index contributed by atoms with van der Waals surface area (Å²) in [5.74, 6) is 0. The highest BCUT2D eigenvalue weighted by Gasteiger charge is 1.98. The van der Waals surface area contributed by atoms with Gasteiger partial charge in [0.05, 0.1) is 0 Å². The van der Waals surface area contributed by atoms with E-state index in [9.17, 15) is 0 Å². The van der Waals surface area contributed by atoms with Crippen LogP contribution >= 0.6 is 27.5 Å². The van der Waals surface area contributed by atoms with Crippen LogP contribution in [-0.4, -0.2) is 6.21 Å². The molecule has 1 radical (unpaired) electrons. The van der Waals surface area contributed by atoms with Crippen molar-refractivity contribution < 1.29 is 4.84 Å². The molecule has 0 amide bonds. The summed E-state index contributed by atoms with van der Waals surface area (Å²) in [5, 5.41) is 4.46. The Hall–Kier alpha value is -1.32. The van der Waals surface area contributed by atoms with Crippen LogP contribution in [0.5, 0.6) is 0 Å². The molecule has 18 heavy (non-hydrogen) atoms. The molecule has 0 aliphatic rings. The Bertz CT molecular complexity index is 540.